The topological polar surface area (TPSA) is 92.4 Å². The SMILES string of the molecule is NC1C2CCC(C2)C1C(=O)NCCCCC(=O)O. The maximum atomic E-state index is 12.0. The fourth-order valence-corrected chi connectivity index (χ4v) is 3.46. The number of hydrogen-bond donors (Lipinski definition) is 3. The van der Waals surface area contributed by atoms with Crippen molar-refractivity contribution in [1.82, 2.24) is 5.32 Å². The molecule has 0 heterocycles. The van der Waals surface area contributed by atoms with Crippen LogP contribution in [0.5, 0.6) is 0 Å². The second kappa shape index (κ2) is 5.69. The van der Waals surface area contributed by atoms with Crippen molar-refractivity contribution in [3.63, 3.8) is 0 Å². The van der Waals surface area contributed by atoms with Crippen molar-refractivity contribution in [1.29, 1.82) is 0 Å². The van der Waals surface area contributed by atoms with E-state index in [1.807, 2.05) is 0 Å². The molecule has 2 saturated carbocycles. The molecule has 0 spiro atoms. The fraction of sp³-hybridized carbons (Fsp3) is 0.846. The van der Waals surface area contributed by atoms with E-state index in [1.54, 1.807) is 0 Å². The number of hydrogen-bond acceptors (Lipinski definition) is 3. The van der Waals surface area contributed by atoms with Gasteiger partial charge in [0.05, 0.1) is 5.92 Å². The summed E-state index contributed by atoms with van der Waals surface area (Å²) in [5, 5.41) is 11.4. The van der Waals surface area contributed by atoms with Crippen molar-refractivity contribution in [3.8, 4) is 0 Å². The van der Waals surface area contributed by atoms with E-state index < -0.39 is 5.97 Å². The van der Waals surface area contributed by atoms with Gasteiger partial charge in [-0.3, -0.25) is 9.59 Å². The molecule has 2 rings (SSSR count). The molecule has 0 aromatic carbocycles. The van der Waals surface area contributed by atoms with E-state index in [0.29, 0.717) is 31.2 Å². The summed E-state index contributed by atoms with van der Waals surface area (Å²) in [6, 6.07) is 0.0303. The van der Waals surface area contributed by atoms with Crippen LogP contribution in [0, 0.1) is 17.8 Å². The lowest BCUT2D eigenvalue weighted by atomic mass is 9.84. The van der Waals surface area contributed by atoms with E-state index in [-0.39, 0.29) is 24.3 Å². The highest BCUT2D eigenvalue weighted by atomic mass is 16.4. The number of fused-ring (bicyclic) bond motifs is 2. The Morgan fingerprint density at radius 2 is 1.94 bits per heavy atom. The van der Waals surface area contributed by atoms with Crippen LogP contribution in [0.2, 0.25) is 0 Å². The minimum Gasteiger partial charge on any atom is -0.481 e. The highest BCUT2D eigenvalue weighted by Crippen LogP contribution is 2.47. The van der Waals surface area contributed by atoms with Gasteiger partial charge in [0.1, 0.15) is 0 Å². The first-order chi connectivity index (χ1) is 8.59. The molecule has 4 atom stereocenters. The second-order valence-corrected chi connectivity index (χ2v) is 5.58. The monoisotopic (exact) mass is 254 g/mol. The molecule has 2 aliphatic carbocycles. The lowest BCUT2D eigenvalue weighted by Gasteiger charge is -2.26. The number of amides is 1. The molecule has 4 N–H and O–H groups in total. The lowest BCUT2D eigenvalue weighted by Crippen LogP contribution is -2.45. The first-order valence-corrected chi connectivity index (χ1v) is 6.84. The summed E-state index contributed by atoms with van der Waals surface area (Å²) in [4.78, 5) is 22.4. The van der Waals surface area contributed by atoms with Crippen LogP contribution in [-0.2, 0) is 9.59 Å². The Hall–Kier alpha value is -1.10. The second-order valence-electron chi connectivity index (χ2n) is 5.58. The zero-order valence-corrected chi connectivity index (χ0v) is 10.6. The van der Waals surface area contributed by atoms with Gasteiger partial charge in [-0.15, -0.1) is 0 Å². The average Bonchev–Trinajstić information content (AvgIpc) is 2.88. The number of nitrogens with one attached hydrogen (secondary N) is 1. The summed E-state index contributed by atoms with van der Waals surface area (Å²) >= 11 is 0. The number of carbonyl (C=O) groups is 2. The van der Waals surface area contributed by atoms with E-state index in [0.717, 1.165) is 12.8 Å². The third-order valence-corrected chi connectivity index (χ3v) is 4.40. The fourth-order valence-electron chi connectivity index (χ4n) is 3.46. The molecular formula is C13H22N2O3. The number of carboxylic acid groups (broad SMARTS) is 1. The number of rotatable bonds is 6. The van der Waals surface area contributed by atoms with Gasteiger partial charge in [0.15, 0.2) is 0 Å². The van der Waals surface area contributed by atoms with Crippen molar-refractivity contribution < 1.29 is 14.7 Å². The average molecular weight is 254 g/mol. The number of carbonyl (C=O) groups excluding carboxylic acids is 1. The third-order valence-electron chi connectivity index (χ3n) is 4.40. The van der Waals surface area contributed by atoms with E-state index in [4.69, 9.17) is 10.8 Å². The van der Waals surface area contributed by atoms with Crippen LogP contribution in [0.25, 0.3) is 0 Å². The van der Waals surface area contributed by atoms with E-state index in [2.05, 4.69) is 5.32 Å². The summed E-state index contributed by atoms with van der Waals surface area (Å²) in [6.07, 6.45) is 4.91. The molecule has 0 radical (unpaired) electrons. The molecule has 0 saturated heterocycles. The van der Waals surface area contributed by atoms with Crippen molar-refractivity contribution in [2.75, 3.05) is 6.54 Å². The molecule has 5 heteroatoms. The Morgan fingerprint density at radius 1 is 1.22 bits per heavy atom. The molecule has 0 aromatic heterocycles. The van der Waals surface area contributed by atoms with E-state index >= 15 is 0 Å². The quantitative estimate of drug-likeness (QED) is 0.609. The molecule has 18 heavy (non-hydrogen) atoms. The highest BCUT2D eigenvalue weighted by molar-refractivity contribution is 5.80. The molecular weight excluding hydrogens is 232 g/mol. The van der Waals surface area contributed by atoms with Gasteiger partial charge in [0.25, 0.3) is 0 Å². The Labute approximate surface area is 107 Å². The Kier molecular flexibility index (Phi) is 4.22. The van der Waals surface area contributed by atoms with Gasteiger partial charge in [0, 0.05) is 19.0 Å². The van der Waals surface area contributed by atoms with Crippen molar-refractivity contribution >= 4 is 11.9 Å². The number of carboxylic acids is 1. The molecule has 102 valence electrons. The maximum absolute atomic E-state index is 12.0. The molecule has 2 fully saturated rings. The number of nitrogens with two attached hydrogens (primary N) is 1. The summed E-state index contributed by atoms with van der Waals surface area (Å²) in [7, 11) is 0. The Balaban J connectivity index is 1.67. The molecule has 1 amide bonds. The standard InChI is InChI=1S/C13H22N2O3/c14-12-9-5-4-8(7-9)11(12)13(18)15-6-2-1-3-10(16)17/h8-9,11-12H,1-7,14H2,(H,15,18)(H,16,17). The molecule has 0 aliphatic heterocycles. The minimum atomic E-state index is -0.781. The Morgan fingerprint density at radius 3 is 2.56 bits per heavy atom. The van der Waals surface area contributed by atoms with Crippen LogP contribution < -0.4 is 11.1 Å². The molecule has 2 aliphatic rings. The number of aliphatic carboxylic acids is 1. The lowest BCUT2D eigenvalue weighted by molar-refractivity contribution is -0.137. The normalized spacial score (nSPS) is 33.6. The van der Waals surface area contributed by atoms with Crippen LogP contribution in [0.1, 0.15) is 38.5 Å². The van der Waals surface area contributed by atoms with Gasteiger partial charge in [-0.1, -0.05) is 0 Å². The highest BCUT2D eigenvalue weighted by Gasteiger charge is 2.48. The van der Waals surface area contributed by atoms with Crippen LogP contribution in [0.15, 0.2) is 0 Å². The van der Waals surface area contributed by atoms with Crippen LogP contribution in [0.3, 0.4) is 0 Å². The van der Waals surface area contributed by atoms with Gasteiger partial charge >= 0.3 is 5.97 Å². The predicted molar refractivity (Wildman–Crippen MR) is 66.8 cm³/mol. The zero-order chi connectivity index (χ0) is 13.1. The van der Waals surface area contributed by atoms with Gasteiger partial charge in [-0.05, 0) is 43.9 Å². The predicted octanol–water partition coefficient (Wildman–Crippen LogP) is 0.731. The van der Waals surface area contributed by atoms with Crippen LogP contribution >= 0.6 is 0 Å². The van der Waals surface area contributed by atoms with Crippen molar-refractivity contribution in [2.24, 2.45) is 23.5 Å². The zero-order valence-electron chi connectivity index (χ0n) is 10.6. The van der Waals surface area contributed by atoms with Gasteiger partial charge in [-0.2, -0.15) is 0 Å². The molecule has 0 aromatic rings. The third kappa shape index (κ3) is 2.83. The van der Waals surface area contributed by atoms with Crippen LogP contribution in [0.4, 0.5) is 0 Å². The molecule has 2 bridgehead atoms. The van der Waals surface area contributed by atoms with Gasteiger partial charge in [0.2, 0.25) is 5.91 Å². The Bertz CT molecular complexity index is 330. The maximum Gasteiger partial charge on any atom is 0.303 e. The first-order valence-electron chi connectivity index (χ1n) is 6.84. The first kappa shape index (κ1) is 13.3. The summed E-state index contributed by atoms with van der Waals surface area (Å²) < 4.78 is 0. The van der Waals surface area contributed by atoms with Gasteiger partial charge in [-0.25, -0.2) is 0 Å². The van der Waals surface area contributed by atoms with Crippen LogP contribution in [-0.4, -0.2) is 29.6 Å². The summed E-state index contributed by atoms with van der Waals surface area (Å²) in [5.41, 5.74) is 6.10. The summed E-state index contributed by atoms with van der Waals surface area (Å²) in [5.74, 6) is 0.298. The minimum absolute atomic E-state index is 0.0109. The number of unbranched alkanes of at least 4 members (excludes halogenated alkanes) is 1. The van der Waals surface area contributed by atoms with Crippen molar-refractivity contribution in [2.45, 2.75) is 44.6 Å². The largest absolute Gasteiger partial charge is 0.481 e. The molecule has 4 unspecified atom stereocenters. The smallest absolute Gasteiger partial charge is 0.303 e. The molecule has 5 nitrogen and oxygen atoms in total. The van der Waals surface area contributed by atoms with Gasteiger partial charge < -0.3 is 16.2 Å². The van der Waals surface area contributed by atoms with E-state index in [9.17, 15) is 9.59 Å². The van der Waals surface area contributed by atoms with Crippen molar-refractivity contribution in [3.05, 3.63) is 0 Å². The summed E-state index contributed by atoms with van der Waals surface area (Å²) in [6.45, 7) is 0.562. The van der Waals surface area contributed by atoms with E-state index in [1.165, 1.54) is 6.42 Å².